The van der Waals surface area contributed by atoms with E-state index < -0.39 is 10.0 Å². The van der Waals surface area contributed by atoms with Crippen molar-refractivity contribution >= 4 is 10.0 Å². The predicted octanol–water partition coefficient (Wildman–Crippen LogP) is 0.200. The summed E-state index contributed by atoms with van der Waals surface area (Å²) < 4.78 is 27.3. The normalized spacial score (nSPS) is 15.8. The molecule has 0 amide bonds. The number of H-pyrrole nitrogens is 1. The molecular weight excluding hydrogens is 290 g/mol. The highest BCUT2D eigenvalue weighted by Crippen LogP contribution is 2.21. The number of hydrogen-bond donors (Lipinski definition) is 3. The molecule has 1 aromatic heterocycles. The summed E-state index contributed by atoms with van der Waals surface area (Å²) in [6, 6.07) is 0.529. The molecule has 0 atom stereocenters. The second kappa shape index (κ2) is 6.87. The molecule has 1 aromatic rings. The molecule has 0 radical (unpaired) electrons. The van der Waals surface area contributed by atoms with E-state index in [9.17, 15) is 8.42 Å². The lowest BCUT2D eigenvalue weighted by Gasteiger charge is -2.14. The van der Waals surface area contributed by atoms with Crippen LogP contribution in [0.1, 0.15) is 31.0 Å². The van der Waals surface area contributed by atoms with Gasteiger partial charge in [0.2, 0.25) is 0 Å². The van der Waals surface area contributed by atoms with Crippen LogP contribution in [-0.4, -0.2) is 56.2 Å². The molecule has 7 nitrogen and oxygen atoms in total. The first-order chi connectivity index (χ1) is 9.94. The number of nitrogens with zero attached hydrogens (tertiary/aromatic N) is 2. The summed E-state index contributed by atoms with van der Waals surface area (Å²) in [5.74, 6) is 0. The summed E-state index contributed by atoms with van der Waals surface area (Å²) in [7, 11) is -1.60. The average Bonchev–Trinajstić information content (AvgIpc) is 3.18. The van der Waals surface area contributed by atoms with Crippen LogP contribution in [0.3, 0.4) is 0 Å². The molecule has 8 heteroatoms. The van der Waals surface area contributed by atoms with Crippen molar-refractivity contribution in [2.45, 2.75) is 44.3 Å². The number of hydrogen-bond acceptors (Lipinski definition) is 5. The number of likely N-dealkylation sites (N-methyl/N-ethyl adjacent to an activating group) is 1. The summed E-state index contributed by atoms with van der Waals surface area (Å²) in [6.07, 6.45) is 2.33. The van der Waals surface area contributed by atoms with E-state index in [0.717, 1.165) is 17.8 Å². The standard InChI is InChI=1S/C13H25N5O2S/c1-4-18(3)8-7-15-21(19,20)13-12(10(2)16-17-13)9-14-11-5-6-11/h11,14-15H,4-9H2,1-3H3,(H,16,17). The Morgan fingerprint density at radius 3 is 2.76 bits per heavy atom. The van der Waals surface area contributed by atoms with E-state index in [-0.39, 0.29) is 5.03 Å². The largest absolute Gasteiger partial charge is 0.310 e. The minimum atomic E-state index is -3.56. The molecule has 3 N–H and O–H groups in total. The van der Waals surface area contributed by atoms with Crippen molar-refractivity contribution in [2.24, 2.45) is 0 Å². The van der Waals surface area contributed by atoms with Crippen LogP contribution in [0, 0.1) is 6.92 Å². The molecule has 21 heavy (non-hydrogen) atoms. The number of aromatic nitrogens is 2. The van der Waals surface area contributed by atoms with Gasteiger partial charge in [0.1, 0.15) is 0 Å². The van der Waals surface area contributed by atoms with E-state index in [2.05, 4.69) is 20.2 Å². The van der Waals surface area contributed by atoms with E-state index >= 15 is 0 Å². The zero-order valence-corrected chi connectivity index (χ0v) is 13.8. The van der Waals surface area contributed by atoms with Crippen LogP contribution in [0.15, 0.2) is 5.03 Å². The minimum Gasteiger partial charge on any atom is -0.310 e. The van der Waals surface area contributed by atoms with Gasteiger partial charge in [-0.15, -0.1) is 0 Å². The molecule has 1 heterocycles. The molecule has 0 aliphatic heterocycles. The highest BCUT2D eigenvalue weighted by molar-refractivity contribution is 7.89. The van der Waals surface area contributed by atoms with Crippen LogP contribution in [0.4, 0.5) is 0 Å². The van der Waals surface area contributed by atoms with Gasteiger partial charge in [-0.2, -0.15) is 5.10 Å². The van der Waals surface area contributed by atoms with Crippen molar-refractivity contribution in [1.29, 1.82) is 0 Å². The van der Waals surface area contributed by atoms with Gasteiger partial charge in [-0.05, 0) is 33.4 Å². The topological polar surface area (TPSA) is 90.1 Å². The van der Waals surface area contributed by atoms with Gasteiger partial charge in [-0.25, -0.2) is 13.1 Å². The quantitative estimate of drug-likeness (QED) is 0.606. The highest BCUT2D eigenvalue weighted by atomic mass is 32.2. The van der Waals surface area contributed by atoms with Crippen molar-refractivity contribution in [2.75, 3.05) is 26.7 Å². The van der Waals surface area contributed by atoms with Gasteiger partial charge in [0, 0.05) is 36.9 Å². The summed E-state index contributed by atoms with van der Waals surface area (Å²) in [4.78, 5) is 2.05. The maximum atomic E-state index is 12.4. The molecule has 2 rings (SSSR count). The van der Waals surface area contributed by atoms with Crippen LogP contribution in [0.25, 0.3) is 0 Å². The lowest BCUT2D eigenvalue weighted by atomic mass is 10.2. The van der Waals surface area contributed by atoms with E-state index in [1.807, 2.05) is 25.8 Å². The molecule has 0 saturated heterocycles. The summed E-state index contributed by atoms with van der Waals surface area (Å²) >= 11 is 0. The van der Waals surface area contributed by atoms with Gasteiger partial charge in [0.25, 0.3) is 10.0 Å². The summed E-state index contributed by atoms with van der Waals surface area (Å²) in [5.41, 5.74) is 1.53. The van der Waals surface area contributed by atoms with E-state index in [0.29, 0.717) is 25.7 Å². The van der Waals surface area contributed by atoms with Crippen molar-refractivity contribution < 1.29 is 8.42 Å². The lowest BCUT2D eigenvalue weighted by molar-refractivity contribution is 0.358. The third kappa shape index (κ3) is 4.50. The van der Waals surface area contributed by atoms with Gasteiger partial charge in [-0.3, -0.25) is 5.10 Å². The number of rotatable bonds is 9. The van der Waals surface area contributed by atoms with Crippen LogP contribution < -0.4 is 10.0 Å². The summed E-state index contributed by atoms with van der Waals surface area (Å²) in [5, 5.41) is 10.2. The van der Waals surface area contributed by atoms with Crippen molar-refractivity contribution in [3.8, 4) is 0 Å². The van der Waals surface area contributed by atoms with E-state index in [4.69, 9.17) is 0 Å². The van der Waals surface area contributed by atoms with Crippen molar-refractivity contribution in [1.82, 2.24) is 25.1 Å². The predicted molar refractivity (Wildman–Crippen MR) is 81.5 cm³/mol. The van der Waals surface area contributed by atoms with Crippen LogP contribution >= 0.6 is 0 Å². The third-order valence-electron chi connectivity index (χ3n) is 3.76. The molecular formula is C13H25N5O2S. The molecule has 0 spiro atoms. The zero-order valence-electron chi connectivity index (χ0n) is 12.9. The molecule has 0 aromatic carbocycles. The van der Waals surface area contributed by atoms with Crippen LogP contribution in [0.2, 0.25) is 0 Å². The Bertz CT molecular complexity index is 565. The highest BCUT2D eigenvalue weighted by Gasteiger charge is 2.26. The monoisotopic (exact) mass is 315 g/mol. The van der Waals surface area contributed by atoms with Gasteiger partial charge in [0.05, 0.1) is 0 Å². The third-order valence-corrected chi connectivity index (χ3v) is 5.19. The molecule has 0 bridgehead atoms. The molecule has 1 aliphatic carbocycles. The second-order valence-corrected chi connectivity index (χ2v) is 7.26. The van der Waals surface area contributed by atoms with Crippen LogP contribution in [-0.2, 0) is 16.6 Å². The number of aryl methyl sites for hydroxylation is 1. The Morgan fingerprint density at radius 1 is 1.43 bits per heavy atom. The Labute approximate surface area is 126 Å². The Kier molecular flexibility index (Phi) is 5.37. The SMILES string of the molecule is CCN(C)CCNS(=O)(=O)c1n[nH]c(C)c1CNC1CC1. The lowest BCUT2D eigenvalue weighted by Crippen LogP contribution is -2.33. The smallest absolute Gasteiger partial charge is 0.260 e. The number of nitrogens with one attached hydrogen (secondary N) is 3. The Hall–Kier alpha value is -0.960. The first-order valence-electron chi connectivity index (χ1n) is 7.39. The van der Waals surface area contributed by atoms with Gasteiger partial charge in [-0.1, -0.05) is 6.92 Å². The van der Waals surface area contributed by atoms with Gasteiger partial charge < -0.3 is 10.2 Å². The van der Waals surface area contributed by atoms with Gasteiger partial charge >= 0.3 is 0 Å². The fourth-order valence-corrected chi connectivity index (χ4v) is 3.20. The first-order valence-corrected chi connectivity index (χ1v) is 8.87. The Balaban J connectivity index is 2.01. The number of sulfonamides is 1. The Morgan fingerprint density at radius 2 is 2.14 bits per heavy atom. The van der Waals surface area contributed by atoms with Crippen LogP contribution in [0.5, 0.6) is 0 Å². The number of aromatic amines is 1. The van der Waals surface area contributed by atoms with E-state index in [1.54, 1.807) is 0 Å². The average molecular weight is 315 g/mol. The maximum absolute atomic E-state index is 12.4. The fraction of sp³-hybridized carbons (Fsp3) is 0.769. The van der Waals surface area contributed by atoms with E-state index in [1.165, 1.54) is 12.8 Å². The maximum Gasteiger partial charge on any atom is 0.260 e. The molecule has 0 unspecified atom stereocenters. The molecule has 1 saturated carbocycles. The fourth-order valence-electron chi connectivity index (χ4n) is 1.99. The minimum absolute atomic E-state index is 0.118. The molecule has 1 aliphatic rings. The second-order valence-electron chi connectivity index (χ2n) is 5.58. The summed E-state index contributed by atoms with van der Waals surface area (Å²) in [6.45, 7) is 6.37. The van der Waals surface area contributed by atoms with Crippen molar-refractivity contribution in [3.63, 3.8) is 0 Å². The van der Waals surface area contributed by atoms with Crippen molar-refractivity contribution in [3.05, 3.63) is 11.3 Å². The zero-order chi connectivity index (χ0) is 15.5. The molecule has 120 valence electrons. The van der Waals surface area contributed by atoms with Gasteiger partial charge in [0.15, 0.2) is 5.03 Å². The first kappa shape index (κ1) is 16.4. The molecule has 1 fully saturated rings.